The minimum Gasteiger partial charge on any atom is -0.385 e. The lowest BCUT2D eigenvalue weighted by Crippen LogP contribution is -2.24. The van der Waals surface area contributed by atoms with E-state index >= 15 is 0 Å². The van der Waals surface area contributed by atoms with Crippen LogP contribution in [0.4, 0.5) is 4.39 Å². The molecule has 0 fully saturated rings. The van der Waals surface area contributed by atoms with Crippen LogP contribution in [0, 0.1) is 5.82 Å². The normalized spacial score (nSPS) is 14.6. The quantitative estimate of drug-likeness (QED) is 0.882. The summed E-state index contributed by atoms with van der Waals surface area (Å²) in [4.78, 5) is 0. The average molecular weight is 234 g/mol. The Morgan fingerprint density at radius 3 is 2.82 bits per heavy atom. The van der Waals surface area contributed by atoms with Gasteiger partial charge in [-0.3, -0.25) is 4.68 Å². The van der Waals surface area contributed by atoms with Gasteiger partial charge in [0, 0.05) is 19.7 Å². The Bertz CT molecular complexity index is 520. The van der Waals surface area contributed by atoms with Gasteiger partial charge in [-0.2, -0.15) is 5.10 Å². The highest BCUT2D eigenvalue weighted by Crippen LogP contribution is 2.25. The van der Waals surface area contributed by atoms with Crippen molar-refractivity contribution >= 4 is 0 Å². The zero-order chi connectivity index (χ0) is 12.5. The Morgan fingerprint density at radius 1 is 1.47 bits per heavy atom. The van der Waals surface area contributed by atoms with E-state index in [9.17, 15) is 9.50 Å². The van der Waals surface area contributed by atoms with Crippen molar-refractivity contribution in [3.8, 4) is 0 Å². The molecule has 1 atom stereocenters. The highest BCUT2D eigenvalue weighted by atomic mass is 19.1. The first-order valence-electron chi connectivity index (χ1n) is 5.43. The van der Waals surface area contributed by atoms with Crippen molar-refractivity contribution < 1.29 is 9.50 Å². The second-order valence-electron chi connectivity index (χ2n) is 4.48. The molecule has 1 aromatic carbocycles. The molecule has 17 heavy (non-hydrogen) atoms. The van der Waals surface area contributed by atoms with Crippen LogP contribution in [-0.2, 0) is 19.1 Å². The van der Waals surface area contributed by atoms with Crippen LogP contribution in [-0.4, -0.2) is 14.9 Å². The Labute approximate surface area is 99.5 Å². The van der Waals surface area contributed by atoms with E-state index in [0.717, 1.165) is 5.56 Å². The Kier molecular flexibility index (Phi) is 2.98. The first kappa shape index (κ1) is 11.8. The number of hydrogen-bond donors (Lipinski definition) is 1. The van der Waals surface area contributed by atoms with Crippen LogP contribution >= 0.6 is 0 Å². The smallest absolute Gasteiger partial charge is 0.123 e. The molecular formula is C13H15FN2O. The summed E-state index contributed by atoms with van der Waals surface area (Å²) in [7, 11) is 1.82. The molecule has 3 nitrogen and oxygen atoms in total. The number of hydrogen-bond acceptors (Lipinski definition) is 2. The van der Waals surface area contributed by atoms with Gasteiger partial charge in [0.2, 0.25) is 0 Å². The van der Waals surface area contributed by atoms with Crippen LogP contribution in [0.5, 0.6) is 0 Å². The second kappa shape index (κ2) is 4.30. The minimum absolute atomic E-state index is 0.339. The van der Waals surface area contributed by atoms with Gasteiger partial charge in [-0.25, -0.2) is 4.39 Å². The molecule has 0 bridgehead atoms. The number of rotatable bonds is 3. The number of nitrogens with zero attached hydrogens (tertiary/aromatic N) is 2. The number of aliphatic hydroxyl groups is 1. The van der Waals surface area contributed by atoms with Crippen LogP contribution in [0.2, 0.25) is 0 Å². The maximum Gasteiger partial charge on any atom is 0.123 e. The first-order valence-corrected chi connectivity index (χ1v) is 5.43. The van der Waals surface area contributed by atoms with Crippen molar-refractivity contribution in [2.75, 3.05) is 0 Å². The summed E-state index contributed by atoms with van der Waals surface area (Å²) in [5.74, 6) is -0.339. The number of halogens is 1. The third-order valence-corrected chi connectivity index (χ3v) is 2.75. The van der Waals surface area contributed by atoms with Gasteiger partial charge < -0.3 is 5.11 Å². The van der Waals surface area contributed by atoms with Crippen LogP contribution in [0.3, 0.4) is 0 Å². The van der Waals surface area contributed by atoms with Crippen LogP contribution in [0.15, 0.2) is 36.7 Å². The summed E-state index contributed by atoms with van der Waals surface area (Å²) in [6, 6.07) is 6.04. The molecule has 2 aromatic rings. The molecule has 0 saturated heterocycles. The van der Waals surface area contributed by atoms with Crippen LogP contribution < -0.4 is 0 Å². The van der Waals surface area contributed by atoms with Crippen molar-refractivity contribution in [1.82, 2.24) is 9.78 Å². The third-order valence-electron chi connectivity index (χ3n) is 2.75. The molecular weight excluding hydrogens is 219 g/mol. The molecule has 2 rings (SSSR count). The SMILES string of the molecule is Cn1cc(CC(C)(O)c2cccc(F)c2)cn1. The summed E-state index contributed by atoms with van der Waals surface area (Å²) in [5.41, 5.74) is 0.397. The molecule has 0 spiro atoms. The fourth-order valence-corrected chi connectivity index (χ4v) is 1.89. The van der Waals surface area contributed by atoms with E-state index in [1.54, 1.807) is 29.9 Å². The largest absolute Gasteiger partial charge is 0.385 e. The molecule has 0 aliphatic carbocycles. The Balaban J connectivity index is 2.24. The molecule has 90 valence electrons. The fourth-order valence-electron chi connectivity index (χ4n) is 1.89. The molecule has 4 heteroatoms. The van der Waals surface area contributed by atoms with Gasteiger partial charge in [-0.1, -0.05) is 12.1 Å². The summed E-state index contributed by atoms with van der Waals surface area (Å²) in [5, 5.41) is 14.4. The minimum atomic E-state index is -1.09. The Morgan fingerprint density at radius 2 is 2.24 bits per heavy atom. The van der Waals surface area contributed by atoms with Gasteiger partial charge in [0.25, 0.3) is 0 Å². The molecule has 1 N–H and O–H groups in total. The van der Waals surface area contributed by atoms with Gasteiger partial charge in [-0.15, -0.1) is 0 Å². The molecule has 1 heterocycles. The predicted molar refractivity (Wildman–Crippen MR) is 62.9 cm³/mol. The van der Waals surface area contributed by atoms with Crippen molar-refractivity contribution in [2.24, 2.45) is 7.05 Å². The Hall–Kier alpha value is -1.68. The molecule has 0 aliphatic rings. The molecule has 1 unspecified atom stereocenters. The monoisotopic (exact) mass is 234 g/mol. The highest BCUT2D eigenvalue weighted by Gasteiger charge is 2.24. The van der Waals surface area contributed by atoms with Gasteiger partial charge >= 0.3 is 0 Å². The van der Waals surface area contributed by atoms with Crippen molar-refractivity contribution in [3.63, 3.8) is 0 Å². The van der Waals surface area contributed by atoms with Gasteiger partial charge in [0.1, 0.15) is 5.82 Å². The van der Waals surface area contributed by atoms with Crippen molar-refractivity contribution in [1.29, 1.82) is 0 Å². The van der Waals surface area contributed by atoms with Gasteiger partial charge in [0.15, 0.2) is 0 Å². The zero-order valence-electron chi connectivity index (χ0n) is 9.89. The molecule has 0 aliphatic heterocycles. The number of aromatic nitrogens is 2. The van der Waals surface area contributed by atoms with Gasteiger partial charge in [-0.05, 0) is 30.2 Å². The van der Waals surface area contributed by atoms with Crippen molar-refractivity contribution in [2.45, 2.75) is 18.9 Å². The maximum atomic E-state index is 13.1. The van der Waals surface area contributed by atoms with Gasteiger partial charge in [0.05, 0.1) is 11.8 Å². The standard InChI is InChI=1S/C13H15FN2O/c1-13(17,7-10-8-15-16(2)9-10)11-4-3-5-12(14)6-11/h3-6,8-9,17H,7H2,1-2H3. The molecule has 1 aromatic heterocycles. The molecule has 0 radical (unpaired) electrons. The molecule has 0 amide bonds. The topological polar surface area (TPSA) is 38.0 Å². The summed E-state index contributed by atoms with van der Waals surface area (Å²) >= 11 is 0. The lowest BCUT2D eigenvalue weighted by Gasteiger charge is -2.23. The lowest BCUT2D eigenvalue weighted by atomic mass is 9.90. The van der Waals surface area contributed by atoms with E-state index in [-0.39, 0.29) is 5.82 Å². The van der Waals surface area contributed by atoms with E-state index in [0.29, 0.717) is 12.0 Å². The van der Waals surface area contributed by atoms with E-state index in [2.05, 4.69) is 5.10 Å². The van der Waals surface area contributed by atoms with E-state index in [4.69, 9.17) is 0 Å². The highest BCUT2D eigenvalue weighted by molar-refractivity contribution is 5.25. The van der Waals surface area contributed by atoms with Crippen LogP contribution in [0.25, 0.3) is 0 Å². The van der Waals surface area contributed by atoms with Crippen LogP contribution in [0.1, 0.15) is 18.1 Å². The third kappa shape index (κ3) is 2.71. The van der Waals surface area contributed by atoms with E-state index in [1.165, 1.54) is 12.1 Å². The average Bonchev–Trinajstić information content (AvgIpc) is 2.63. The predicted octanol–water partition coefficient (Wildman–Crippen LogP) is 2.01. The molecule has 0 saturated carbocycles. The number of benzene rings is 1. The summed E-state index contributed by atoms with van der Waals surface area (Å²) in [6.45, 7) is 1.68. The summed E-state index contributed by atoms with van der Waals surface area (Å²) in [6.07, 6.45) is 3.95. The fraction of sp³-hybridized carbons (Fsp3) is 0.308. The maximum absolute atomic E-state index is 13.1. The summed E-state index contributed by atoms with van der Waals surface area (Å²) < 4.78 is 14.8. The number of aryl methyl sites for hydroxylation is 1. The zero-order valence-corrected chi connectivity index (χ0v) is 9.89. The first-order chi connectivity index (χ1) is 7.97. The lowest BCUT2D eigenvalue weighted by molar-refractivity contribution is 0.0573. The van der Waals surface area contributed by atoms with Crippen molar-refractivity contribution in [3.05, 3.63) is 53.6 Å². The van der Waals surface area contributed by atoms with E-state index in [1.807, 2.05) is 13.2 Å². The second-order valence-corrected chi connectivity index (χ2v) is 4.48. The van der Waals surface area contributed by atoms with E-state index < -0.39 is 5.60 Å².